The smallest absolute Gasteiger partial charge is 0.746 e. The number of quaternary nitrogens is 1. The summed E-state index contributed by atoms with van der Waals surface area (Å²) in [6, 6.07) is 38.9. The molecule has 21 heteroatoms. The van der Waals surface area contributed by atoms with Crippen molar-refractivity contribution in [3.63, 3.8) is 0 Å². The third-order valence-electron chi connectivity index (χ3n) is 12.5. The number of benzene rings is 5. The van der Waals surface area contributed by atoms with E-state index in [1.54, 1.807) is 18.2 Å². The van der Waals surface area contributed by atoms with E-state index in [-0.39, 0.29) is 51.3 Å². The van der Waals surface area contributed by atoms with Gasteiger partial charge < -0.3 is 24.2 Å². The van der Waals surface area contributed by atoms with Gasteiger partial charge >= 0.3 is 50.8 Å². The first-order valence-corrected chi connectivity index (χ1v) is 29.0. The van der Waals surface area contributed by atoms with E-state index in [0.29, 0.717) is 16.7 Å². The molecule has 0 heterocycles. The third kappa shape index (κ3) is 19.7. The molecule has 0 fully saturated rings. The van der Waals surface area contributed by atoms with Crippen LogP contribution in [0.25, 0.3) is 5.57 Å². The van der Waals surface area contributed by atoms with Crippen LogP contribution >= 0.6 is 0 Å². The number of nitrogens with one attached hydrogen (secondary N) is 1. The van der Waals surface area contributed by atoms with Crippen molar-refractivity contribution < 1.29 is 85.7 Å². The first-order valence-electron chi connectivity index (χ1n) is 24.2. The van der Waals surface area contributed by atoms with Crippen LogP contribution in [-0.4, -0.2) is 110 Å². The van der Waals surface area contributed by atoms with Crippen molar-refractivity contribution in [2.45, 2.75) is 77.1 Å². The maximum Gasteiger partial charge on any atom is 1.00 e. The number of rotatable bonds is 19. The molecule has 0 amide bonds. The van der Waals surface area contributed by atoms with Gasteiger partial charge in [-0.2, -0.15) is 32.7 Å². The van der Waals surface area contributed by atoms with E-state index in [1.807, 2.05) is 42.5 Å². The monoisotopic (exact) mass is 1110 g/mol. The number of nitrogens with zero attached hydrogens (tertiary/aromatic N) is 3. The fraction of sp³-hybridized carbons (Fsp3) is 0.333. The van der Waals surface area contributed by atoms with Crippen LogP contribution in [-0.2, 0) is 41.5 Å². The summed E-state index contributed by atoms with van der Waals surface area (Å²) in [5.74, 6) is -0.334. The van der Waals surface area contributed by atoms with Gasteiger partial charge in [0.05, 0.1) is 18.0 Å². The zero-order chi connectivity index (χ0) is 55.2. The first kappa shape index (κ1) is 65.9. The molecule has 1 aliphatic rings. The Kier molecular flexibility index (Phi) is 28.4. The minimum atomic E-state index is -4.65. The Morgan fingerprint density at radius 2 is 0.987 bits per heavy atom. The van der Waals surface area contributed by atoms with Gasteiger partial charge in [0, 0.05) is 62.2 Å². The summed E-state index contributed by atoms with van der Waals surface area (Å²) >= 11 is 0. The molecule has 6 rings (SSSR count). The minimum Gasteiger partial charge on any atom is -0.746 e. The van der Waals surface area contributed by atoms with Crippen LogP contribution in [0.15, 0.2) is 155 Å². The molecule has 0 atom stereocenters. The standard InChI is InChI=1S/C27H34N2O3S.C27H33N2O3S.Na.2O3S/c2*1-5-28(6-2)23-17-13-21(14-18-23)27(25-11-9-10-12-26(25)33(30,31)32)22-15-19-24(20-16-22)29(7-3)8-4;;2*1-4(2)3/h9-20,27H,5-8H2,1-4H3,(H,30,31,32);10-20,23H,5-8H2,1-4H3,(H,30,31,32);;;/q;-1;+1;;. The van der Waals surface area contributed by atoms with Crippen LogP contribution in [0.2, 0.25) is 0 Å². The molecule has 1 aliphatic carbocycles. The van der Waals surface area contributed by atoms with E-state index in [0.717, 1.165) is 91.7 Å². The van der Waals surface area contributed by atoms with E-state index >= 15 is 0 Å². The molecular weight excluding hydrogens is 1050 g/mol. The SMILES string of the molecule is CCN(CC)c1ccc(C(=C2C=CC([NH+](CC)CC)C=C2)c2c[c-]ccc2S(=O)(=O)[O-])cc1.CCN(CC)c1ccc(C(c2ccc(N(CC)CC)cc2)c2ccccc2S(=O)(=O)O)cc1.O=S(=O)=O.O=S(=O)=O.[Na+]. The van der Waals surface area contributed by atoms with Crippen molar-refractivity contribution in [1.29, 1.82) is 0 Å². The van der Waals surface area contributed by atoms with Crippen molar-refractivity contribution in [2.75, 3.05) is 67.1 Å². The van der Waals surface area contributed by atoms with Crippen molar-refractivity contribution in [2.24, 2.45) is 0 Å². The molecule has 0 bridgehead atoms. The molecule has 5 aromatic carbocycles. The summed E-state index contributed by atoms with van der Waals surface area (Å²) < 4.78 is 121. The summed E-state index contributed by atoms with van der Waals surface area (Å²) in [7, 11) is -15.2. The second kappa shape index (κ2) is 32.4. The molecule has 75 heavy (non-hydrogen) atoms. The van der Waals surface area contributed by atoms with Crippen molar-refractivity contribution in [3.8, 4) is 0 Å². The average molecular weight is 1120 g/mol. The normalized spacial score (nSPS) is 12.7. The Labute approximate surface area is 469 Å². The molecule has 0 saturated carbocycles. The van der Waals surface area contributed by atoms with Crippen molar-refractivity contribution in [1.82, 2.24) is 0 Å². The summed E-state index contributed by atoms with van der Waals surface area (Å²) in [6.07, 6.45) is 8.38. The number of allylic oxidation sites excluding steroid dienone is 3. The van der Waals surface area contributed by atoms with Crippen LogP contribution < -0.4 is 49.2 Å². The average Bonchev–Trinajstić information content (AvgIpc) is 3.37. The van der Waals surface area contributed by atoms with Gasteiger partial charge in [-0.25, -0.2) is 8.42 Å². The van der Waals surface area contributed by atoms with E-state index < -0.39 is 41.5 Å². The molecule has 0 saturated heterocycles. The van der Waals surface area contributed by atoms with Gasteiger partial charge in [-0.05, 0) is 143 Å². The van der Waals surface area contributed by atoms with Gasteiger partial charge in [-0.1, -0.05) is 72.3 Å². The van der Waals surface area contributed by atoms with E-state index in [1.165, 1.54) is 23.1 Å². The van der Waals surface area contributed by atoms with Gasteiger partial charge in [-0.15, -0.1) is 30.8 Å². The first-order chi connectivity index (χ1) is 35.1. The number of anilines is 3. The molecular formula is C54H67N4NaO12S4. The van der Waals surface area contributed by atoms with Gasteiger partial charge in [0.1, 0.15) is 16.2 Å². The molecule has 0 aliphatic heterocycles. The molecule has 16 nitrogen and oxygen atoms in total. The third-order valence-corrected chi connectivity index (χ3v) is 14.3. The van der Waals surface area contributed by atoms with E-state index in [9.17, 15) is 25.9 Å². The van der Waals surface area contributed by atoms with E-state index in [2.05, 4.69) is 137 Å². The summed E-state index contributed by atoms with van der Waals surface area (Å²) in [5, 5.41) is 0. The second-order valence-electron chi connectivity index (χ2n) is 16.4. The van der Waals surface area contributed by atoms with Crippen LogP contribution in [0.4, 0.5) is 17.1 Å². The largest absolute Gasteiger partial charge is 1.00 e. The zero-order valence-electron chi connectivity index (χ0n) is 44.0. The predicted octanol–water partition coefficient (Wildman–Crippen LogP) is 4.26. The molecule has 0 aromatic heterocycles. The number of hydrogen-bond acceptors (Lipinski definition) is 14. The van der Waals surface area contributed by atoms with Crippen molar-refractivity contribution in [3.05, 3.63) is 179 Å². The second-order valence-corrected chi connectivity index (χ2v) is 20.0. The summed E-state index contributed by atoms with van der Waals surface area (Å²) in [6.45, 7) is 24.5. The van der Waals surface area contributed by atoms with Gasteiger partial charge in [0.15, 0.2) is 0 Å². The Morgan fingerprint density at radius 1 is 0.600 bits per heavy atom. The maximum atomic E-state index is 12.2. The van der Waals surface area contributed by atoms with Crippen LogP contribution in [0.5, 0.6) is 0 Å². The fourth-order valence-electron chi connectivity index (χ4n) is 8.87. The topological polar surface area (TPSA) is 228 Å². The van der Waals surface area contributed by atoms with E-state index in [4.69, 9.17) is 25.3 Å². The Bertz CT molecular complexity index is 3030. The Balaban J connectivity index is 0.000000444. The van der Waals surface area contributed by atoms with Gasteiger partial charge in [-0.3, -0.25) is 4.55 Å². The van der Waals surface area contributed by atoms with Crippen LogP contribution in [0.3, 0.4) is 0 Å². The maximum absolute atomic E-state index is 12.2. The summed E-state index contributed by atoms with van der Waals surface area (Å²) in [5.41, 5.74) is 8.68. The number of likely N-dealkylation sites (N-methyl/N-ethyl adjacent to an activating group) is 1. The molecule has 5 aromatic rings. The molecule has 0 radical (unpaired) electrons. The fourth-order valence-corrected chi connectivity index (χ4v) is 10.3. The Hall–Kier alpha value is -5.26. The van der Waals surface area contributed by atoms with Gasteiger partial charge in [0.2, 0.25) is 0 Å². The Morgan fingerprint density at radius 3 is 1.35 bits per heavy atom. The summed E-state index contributed by atoms with van der Waals surface area (Å²) in [4.78, 5) is 7.94. The zero-order valence-corrected chi connectivity index (χ0v) is 49.3. The number of hydrogen-bond donors (Lipinski definition) is 2. The molecule has 2 N–H and O–H groups in total. The molecule has 0 unspecified atom stereocenters. The van der Waals surface area contributed by atoms with Crippen molar-refractivity contribution >= 4 is 64.1 Å². The predicted molar refractivity (Wildman–Crippen MR) is 290 cm³/mol. The quantitative estimate of drug-likeness (QED) is 0.0510. The molecule has 0 spiro atoms. The minimum absolute atomic E-state index is 0. The molecule has 400 valence electrons. The van der Waals surface area contributed by atoms with Gasteiger partial charge in [0.25, 0.3) is 10.1 Å². The van der Waals surface area contributed by atoms with Crippen LogP contribution in [0.1, 0.15) is 89.1 Å². The van der Waals surface area contributed by atoms with Crippen LogP contribution in [0, 0.1) is 6.07 Å².